The highest BCUT2D eigenvalue weighted by atomic mass is 19.1. The maximum atomic E-state index is 13.5. The van der Waals surface area contributed by atoms with E-state index in [0.717, 1.165) is 44.6 Å². The number of carbonyl (C=O) groups excluding carboxylic acids is 2. The first-order chi connectivity index (χ1) is 18.8. The number of rotatable bonds is 10. The quantitative estimate of drug-likeness (QED) is 0.455. The minimum Gasteiger partial charge on any atom is -0.340 e. The molecule has 1 aromatic carbocycles. The second-order valence-electron chi connectivity index (χ2n) is 11.2. The molecule has 0 spiro atoms. The molecule has 0 radical (unpaired) electrons. The summed E-state index contributed by atoms with van der Waals surface area (Å²) in [4.78, 5) is 30.7. The first-order valence-electron chi connectivity index (χ1n) is 13.9. The summed E-state index contributed by atoms with van der Waals surface area (Å²) in [6, 6.07) is 6.91. The normalized spacial score (nSPS) is 25.7. The van der Waals surface area contributed by atoms with E-state index >= 15 is 0 Å². The lowest BCUT2D eigenvalue weighted by molar-refractivity contribution is -0.135. The summed E-state index contributed by atoms with van der Waals surface area (Å²) >= 11 is 0. The van der Waals surface area contributed by atoms with Gasteiger partial charge in [-0.25, -0.2) is 9.07 Å². The standard InChI is InChI=1S/C29H38FN7O2/c1-29(11-9-22(30)10-12-29)24-20-26(24)31-13-3-4-25(28(39)36-18-16-35(2)17-19-36)33-27(38)21-5-7-23(8-6-21)37-15-14-32-34-37/h5-11,14-15,24-26,31H,3-4,12-13,16-20H2,1-2H3,(H,33,38)/t24-,25?,26+,29?/m1/s1. The molecule has 2 aromatic rings. The van der Waals surface area contributed by atoms with Gasteiger partial charge in [-0.05, 0) is 87.0 Å². The molecule has 2 unspecified atom stereocenters. The average Bonchev–Trinajstić information content (AvgIpc) is 3.53. The summed E-state index contributed by atoms with van der Waals surface area (Å²) in [7, 11) is 2.05. The van der Waals surface area contributed by atoms with Gasteiger partial charge in [-0.3, -0.25) is 9.59 Å². The van der Waals surface area contributed by atoms with Crippen LogP contribution in [0.2, 0.25) is 0 Å². The van der Waals surface area contributed by atoms with Gasteiger partial charge in [0.15, 0.2) is 0 Å². The van der Waals surface area contributed by atoms with Crippen molar-refractivity contribution < 1.29 is 14.0 Å². The fourth-order valence-electron chi connectivity index (χ4n) is 5.60. The molecule has 0 bridgehead atoms. The van der Waals surface area contributed by atoms with Gasteiger partial charge < -0.3 is 20.4 Å². The Hall–Kier alpha value is -3.37. The molecular weight excluding hydrogens is 497 g/mol. The van der Waals surface area contributed by atoms with Crippen LogP contribution in [-0.4, -0.2) is 88.5 Å². The van der Waals surface area contributed by atoms with Crippen LogP contribution in [0.1, 0.15) is 43.0 Å². The monoisotopic (exact) mass is 535 g/mol. The minimum absolute atomic E-state index is 0.00930. The highest BCUT2D eigenvalue weighted by molar-refractivity contribution is 5.97. The zero-order valence-corrected chi connectivity index (χ0v) is 22.7. The van der Waals surface area contributed by atoms with Crippen LogP contribution in [0.3, 0.4) is 0 Å². The van der Waals surface area contributed by atoms with E-state index < -0.39 is 6.04 Å². The molecule has 1 saturated heterocycles. The van der Waals surface area contributed by atoms with E-state index in [1.54, 1.807) is 41.4 Å². The number of likely N-dealkylation sites (N-methyl/N-ethyl adjacent to an activating group) is 1. The van der Waals surface area contributed by atoms with E-state index in [4.69, 9.17) is 0 Å². The Labute approximate surface area is 229 Å². The summed E-state index contributed by atoms with van der Waals surface area (Å²) in [6.07, 6.45) is 11.7. The molecule has 2 N–H and O–H groups in total. The van der Waals surface area contributed by atoms with Crippen molar-refractivity contribution in [1.29, 1.82) is 0 Å². The third-order valence-corrected chi connectivity index (χ3v) is 8.31. The summed E-state index contributed by atoms with van der Waals surface area (Å²) in [5.41, 5.74) is 1.29. The molecule has 1 saturated carbocycles. The number of piperazine rings is 1. The number of halogens is 1. The molecule has 208 valence electrons. The first kappa shape index (κ1) is 27.2. The lowest BCUT2D eigenvalue weighted by Gasteiger charge is -2.35. The molecule has 5 rings (SSSR count). The molecule has 2 heterocycles. The van der Waals surface area contributed by atoms with Crippen LogP contribution in [0.25, 0.3) is 5.69 Å². The van der Waals surface area contributed by atoms with Gasteiger partial charge in [0.1, 0.15) is 11.9 Å². The number of aromatic nitrogens is 3. The van der Waals surface area contributed by atoms with Gasteiger partial charge in [0.2, 0.25) is 5.91 Å². The molecule has 2 fully saturated rings. The van der Waals surface area contributed by atoms with Gasteiger partial charge in [-0.1, -0.05) is 18.2 Å². The molecule has 39 heavy (non-hydrogen) atoms. The number of amides is 2. The van der Waals surface area contributed by atoms with E-state index in [-0.39, 0.29) is 23.1 Å². The first-order valence-corrected chi connectivity index (χ1v) is 13.9. The number of allylic oxidation sites excluding steroid dienone is 4. The van der Waals surface area contributed by atoms with Crippen molar-refractivity contribution >= 4 is 11.8 Å². The van der Waals surface area contributed by atoms with Gasteiger partial charge in [-0.2, -0.15) is 0 Å². The van der Waals surface area contributed by atoms with E-state index in [0.29, 0.717) is 37.0 Å². The van der Waals surface area contributed by atoms with Crippen LogP contribution in [0, 0.1) is 11.3 Å². The average molecular weight is 536 g/mol. The molecule has 4 atom stereocenters. The smallest absolute Gasteiger partial charge is 0.251 e. The summed E-state index contributed by atoms with van der Waals surface area (Å²) in [5, 5.41) is 14.4. The van der Waals surface area contributed by atoms with Crippen LogP contribution < -0.4 is 10.6 Å². The van der Waals surface area contributed by atoms with Crippen LogP contribution in [-0.2, 0) is 4.79 Å². The maximum Gasteiger partial charge on any atom is 0.251 e. The van der Waals surface area contributed by atoms with Gasteiger partial charge in [0, 0.05) is 37.8 Å². The number of hydrogen-bond donors (Lipinski definition) is 2. The molecule has 1 aliphatic heterocycles. The van der Waals surface area contributed by atoms with E-state index in [9.17, 15) is 14.0 Å². The Balaban J connectivity index is 1.16. The Morgan fingerprint density at radius 2 is 1.95 bits per heavy atom. The van der Waals surface area contributed by atoms with Crippen LogP contribution >= 0.6 is 0 Å². The second-order valence-corrected chi connectivity index (χ2v) is 11.2. The zero-order chi connectivity index (χ0) is 27.4. The van der Waals surface area contributed by atoms with Crippen molar-refractivity contribution in [3.63, 3.8) is 0 Å². The summed E-state index contributed by atoms with van der Waals surface area (Å²) < 4.78 is 15.0. The zero-order valence-electron chi connectivity index (χ0n) is 22.7. The molecule has 1 aromatic heterocycles. The van der Waals surface area contributed by atoms with Crippen molar-refractivity contribution in [3.05, 3.63) is 66.3 Å². The minimum atomic E-state index is -0.584. The highest BCUT2D eigenvalue weighted by Crippen LogP contribution is 2.50. The number of benzene rings is 1. The Morgan fingerprint density at radius 3 is 2.62 bits per heavy atom. The van der Waals surface area contributed by atoms with Gasteiger partial charge in [-0.15, -0.1) is 5.10 Å². The predicted molar refractivity (Wildman–Crippen MR) is 147 cm³/mol. The molecule has 3 aliphatic rings. The number of carbonyl (C=O) groups is 2. The second kappa shape index (κ2) is 11.8. The number of hydrogen-bond acceptors (Lipinski definition) is 6. The van der Waals surface area contributed by atoms with Crippen molar-refractivity contribution in [2.24, 2.45) is 11.3 Å². The Kier molecular flexibility index (Phi) is 8.23. The Morgan fingerprint density at radius 1 is 1.18 bits per heavy atom. The fourth-order valence-corrected chi connectivity index (χ4v) is 5.60. The number of nitrogens with one attached hydrogen (secondary N) is 2. The van der Waals surface area contributed by atoms with E-state index in [1.165, 1.54) is 0 Å². The van der Waals surface area contributed by atoms with Crippen molar-refractivity contribution in [1.82, 2.24) is 35.4 Å². The molecule has 9 nitrogen and oxygen atoms in total. The maximum absolute atomic E-state index is 13.5. The summed E-state index contributed by atoms with van der Waals surface area (Å²) in [5.74, 6) is 0.0525. The molecule has 2 amide bonds. The van der Waals surface area contributed by atoms with Crippen LogP contribution in [0.4, 0.5) is 4.39 Å². The van der Waals surface area contributed by atoms with Crippen LogP contribution in [0.5, 0.6) is 0 Å². The predicted octanol–water partition coefficient (Wildman–Crippen LogP) is 2.72. The molecule has 2 aliphatic carbocycles. The van der Waals surface area contributed by atoms with E-state index in [2.05, 4.69) is 39.8 Å². The fraction of sp³-hybridized carbons (Fsp3) is 0.517. The van der Waals surface area contributed by atoms with Crippen molar-refractivity contribution in [3.8, 4) is 5.69 Å². The van der Waals surface area contributed by atoms with Crippen molar-refractivity contribution in [2.45, 2.75) is 44.7 Å². The molecular formula is C29H38FN7O2. The largest absolute Gasteiger partial charge is 0.340 e. The van der Waals surface area contributed by atoms with Crippen LogP contribution in [0.15, 0.2) is 60.7 Å². The van der Waals surface area contributed by atoms with Gasteiger partial charge in [0.05, 0.1) is 18.1 Å². The van der Waals surface area contributed by atoms with Gasteiger partial charge in [0.25, 0.3) is 5.91 Å². The Bertz CT molecular complexity index is 1200. The lowest BCUT2D eigenvalue weighted by Crippen LogP contribution is -2.54. The molecule has 10 heteroatoms. The topological polar surface area (TPSA) is 95.4 Å². The van der Waals surface area contributed by atoms with E-state index in [1.807, 2.05) is 23.1 Å². The lowest BCUT2D eigenvalue weighted by atomic mass is 9.78. The number of nitrogens with zero attached hydrogens (tertiary/aromatic N) is 5. The third-order valence-electron chi connectivity index (χ3n) is 8.31. The highest BCUT2D eigenvalue weighted by Gasteiger charge is 2.48. The SMILES string of the molecule is CN1CCN(C(=O)C(CCCN[C@H]2C[C@H]2C2(C)C=CC(F)=CC2)NC(=O)c2ccc(-n3ccnn3)cc2)CC1. The third kappa shape index (κ3) is 6.62. The van der Waals surface area contributed by atoms with Gasteiger partial charge >= 0.3 is 0 Å². The summed E-state index contributed by atoms with van der Waals surface area (Å²) in [6.45, 7) is 5.94. The van der Waals surface area contributed by atoms with Crippen molar-refractivity contribution in [2.75, 3.05) is 39.8 Å².